The number of nitrogens with one attached hydrogen (secondary N) is 1. The molecule has 0 radical (unpaired) electrons. The predicted molar refractivity (Wildman–Crippen MR) is 74.0 cm³/mol. The smallest absolute Gasteiger partial charge is 0.00932 e. The molecule has 2 saturated carbocycles. The monoisotopic (exact) mass is 241 g/mol. The van der Waals surface area contributed by atoms with Gasteiger partial charge in [-0.1, -0.05) is 13.8 Å². The van der Waals surface area contributed by atoms with Crippen LogP contribution in [0.1, 0.15) is 46.0 Å². The van der Waals surface area contributed by atoms with Crippen molar-refractivity contribution in [2.75, 3.05) is 18.1 Å². The molecule has 94 valence electrons. The second kappa shape index (κ2) is 6.30. The summed E-state index contributed by atoms with van der Waals surface area (Å²) < 4.78 is 0. The van der Waals surface area contributed by atoms with E-state index in [2.05, 4.69) is 30.9 Å². The molecule has 2 aliphatic carbocycles. The fourth-order valence-electron chi connectivity index (χ4n) is 2.82. The maximum atomic E-state index is 3.77. The lowest BCUT2D eigenvalue weighted by atomic mass is 9.80. The van der Waals surface area contributed by atoms with E-state index in [9.17, 15) is 0 Å². The standard InChI is InChI=1S/C14H27NS/c1-11-3-6-14(12(2)9-11)15-7-8-16-10-13-4-5-13/h11-15H,3-10H2,1-2H3. The van der Waals surface area contributed by atoms with Crippen LogP contribution < -0.4 is 5.32 Å². The summed E-state index contributed by atoms with van der Waals surface area (Å²) in [7, 11) is 0. The van der Waals surface area contributed by atoms with E-state index in [0.717, 1.165) is 23.8 Å². The summed E-state index contributed by atoms with van der Waals surface area (Å²) >= 11 is 2.15. The third-order valence-electron chi connectivity index (χ3n) is 4.13. The average molecular weight is 241 g/mol. The minimum absolute atomic E-state index is 0.803. The van der Waals surface area contributed by atoms with Crippen molar-refractivity contribution < 1.29 is 0 Å². The molecule has 0 aromatic heterocycles. The Bertz CT molecular complexity index is 203. The minimum Gasteiger partial charge on any atom is -0.313 e. The maximum absolute atomic E-state index is 3.77. The molecule has 2 aliphatic rings. The first-order valence-corrected chi connectivity index (χ1v) is 8.22. The largest absolute Gasteiger partial charge is 0.313 e. The van der Waals surface area contributed by atoms with E-state index in [1.807, 2.05) is 0 Å². The molecule has 0 amide bonds. The quantitative estimate of drug-likeness (QED) is 0.714. The SMILES string of the molecule is CC1CCC(NCCSCC2CC2)C(C)C1. The topological polar surface area (TPSA) is 12.0 Å². The highest BCUT2D eigenvalue weighted by molar-refractivity contribution is 7.99. The number of hydrogen-bond donors (Lipinski definition) is 1. The molecule has 0 saturated heterocycles. The molecule has 3 unspecified atom stereocenters. The van der Waals surface area contributed by atoms with Crippen molar-refractivity contribution in [2.24, 2.45) is 17.8 Å². The predicted octanol–water partition coefficient (Wildman–Crippen LogP) is 3.54. The fourth-order valence-corrected chi connectivity index (χ4v) is 3.92. The number of hydrogen-bond acceptors (Lipinski definition) is 2. The van der Waals surface area contributed by atoms with Crippen LogP contribution in [0.2, 0.25) is 0 Å². The van der Waals surface area contributed by atoms with Crippen molar-refractivity contribution in [3.8, 4) is 0 Å². The van der Waals surface area contributed by atoms with Gasteiger partial charge in [0.05, 0.1) is 0 Å². The molecule has 16 heavy (non-hydrogen) atoms. The van der Waals surface area contributed by atoms with Crippen LogP contribution in [0.25, 0.3) is 0 Å². The highest BCUT2D eigenvalue weighted by atomic mass is 32.2. The van der Waals surface area contributed by atoms with Crippen molar-refractivity contribution in [1.82, 2.24) is 5.32 Å². The summed E-state index contributed by atoms with van der Waals surface area (Å²) in [6, 6.07) is 0.803. The van der Waals surface area contributed by atoms with Gasteiger partial charge in [0.25, 0.3) is 0 Å². The van der Waals surface area contributed by atoms with Gasteiger partial charge in [0.2, 0.25) is 0 Å². The summed E-state index contributed by atoms with van der Waals surface area (Å²) in [5.74, 6) is 5.66. The van der Waals surface area contributed by atoms with Crippen molar-refractivity contribution in [3.05, 3.63) is 0 Å². The lowest BCUT2D eigenvalue weighted by Gasteiger charge is -2.33. The average Bonchev–Trinajstić information content (AvgIpc) is 3.04. The van der Waals surface area contributed by atoms with Gasteiger partial charge in [0, 0.05) is 18.3 Å². The van der Waals surface area contributed by atoms with Gasteiger partial charge in [-0.2, -0.15) is 11.8 Å². The van der Waals surface area contributed by atoms with Gasteiger partial charge >= 0.3 is 0 Å². The molecule has 2 rings (SSSR count). The van der Waals surface area contributed by atoms with Crippen LogP contribution in [0.4, 0.5) is 0 Å². The molecule has 0 aromatic rings. The molecule has 2 heteroatoms. The zero-order chi connectivity index (χ0) is 11.4. The molecule has 3 atom stereocenters. The maximum Gasteiger partial charge on any atom is 0.00932 e. The van der Waals surface area contributed by atoms with Crippen LogP contribution in [0.15, 0.2) is 0 Å². The van der Waals surface area contributed by atoms with E-state index in [1.54, 1.807) is 0 Å². The fraction of sp³-hybridized carbons (Fsp3) is 1.00. The third kappa shape index (κ3) is 4.29. The Morgan fingerprint density at radius 2 is 1.94 bits per heavy atom. The van der Waals surface area contributed by atoms with Crippen LogP contribution in [0.5, 0.6) is 0 Å². The van der Waals surface area contributed by atoms with Crippen LogP contribution in [0, 0.1) is 17.8 Å². The van der Waals surface area contributed by atoms with E-state index in [4.69, 9.17) is 0 Å². The molecule has 0 aromatic carbocycles. The van der Waals surface area contributed by atoms with E-state index < -0.39 is 0 Å². The zero-order valence-electron chi connectivity index (χ0n) is 10.9. The first-order valence-electron chi connectivity index (χ1n) is 7.07. The van der Waals surface area contributed by atoms with Crippen molar-refractivity contribution >= 4 is 11.8 Å². The van der Waals surface area contributed by atoms with Crippen LogP contribution in [-0.2, 0) is 0 Å². The molecule has 0 bridgehead atoms. The normalized spacial score (nSPS) is 35.2. The molecule has 1 N–H and O–H groups in total. The molecule has 1 nitrogen and oxygen atoms in total. The Hall–Kier alpha value is 0.310. The Labute approximate surface area is 105 Å². The van der Waals surface area contributed by atoms with Gasteiger partial charge in [0.15, 0.2) is 0 Å². The highest BCUT2D eigenvalue weighted by Crippen LogP contribution is 2.32. The summed E-state index contributed by atoms with van der Waals surface area (Å²) in [6.07, 6.45) is 7.25. The molecule has 0 spiro atoms. The van der Waals surface area contributed by atoms with Gasteiger partial charge in [-0.05, 0) is 55.6 Å². The van der Waals surface area contributed by atoms with E-state index in [-0.39, 0.29) is 0 Å². The first kappa shape index (κ1) is 12.8. The minimum atomic E-state index is 0.803. The lowest BCUT2D eigenvalue weighted by Crippen LogP contribution is -2.40. The van der Waals surface area contributed by atoms with Gasteiger partial charge in [-0.25, -0.2) is 0 Å². The van der Waals surface area contributed by atoms with Gasteiger partial charge in [-0.15, -0.1) is 0 Å². The summed E-state index contributed by atoms with van der Waals surface area (Å²) in [5, 5.41) is 3.77. The van der Waals surface area contributed by atoms with Crippen LogP contribution in [-0.4, -0.2) is 24.1 Å². The summed E-state index contributed by atoms with van der Waals surface area (Å²) in [6.45, 7) is 6.05. The Kier molecular flexibility index (Phi) is 5.02. The molecule has 2 fully saturated rings. The van der Waals surface area contributed by atoms with E-state index >= 15 is 0 Å². The van der Waals surface area contributed by atoms with Crippen molar-refractivity contribution in [2.45, 2.75) is 52.0 Å². The third-order valence-corrected chi connectivity index (χ3v) is 5.33. The molecule has 0 heterocycles. The van der Waals surface area contributed by atoms with Gasteiger partial charge in [-0.3, -0.25) is 0 Å². The van der Waals surface area contributed by atoms with Crippen molar-refractivity contribution in [3.63, 3.8) is 0 Å². The Morgan fingerprint density at radius 3 is 2.62 bits per heavy atom. The molecular formula is C14H27NS. The van der Waals surface area contributed by atoms with E-state index in [0.29, 0.717) is 0 Å². The Balaban J connectivity index is 1.51. The van der Waals surface area contributed by atoms with Gasteiger partial charge in [0.1, 0.15) is 0 Å². The van der Waals surface area contributed by atoms with Crippen LogP contribution >= 0.6 is 11.8 Å². The molecule has 0 aliphatic heterocycles. The van der Waals surface area contributed by atoms with Crippen molar-refractivity contribution in [1.29, 1.82) is 0 Å². The lowest BCUT2D eigenvalue weighted by molar-refractivity contribution is 0.231. The van der Waals surface area contributed by atoms with E-state index in [1.165, 1.54) is 50.2 Å². The summed E-state index contributed by atoms with van der Waals surface area (Å²) in [5.41, 5.74) is 0. The molecular weight excluding hydrogens is 214 g/mol. The zero-order valence-corrected chi connectivity index (χ0v) is 11.7. The number of thioether (sulfide) groups is 1. The highest BCUT2D eigenvalue weighted by Gasteiger charge is 2.24. The second-order valence-electron chi connectivity index (χ2n) is 5.97. The van der Waals surface area contributed by atoms with Crippen LogP contribution in [0.3, 0.4) is 0 Å². The Morgan fingerprint density at radius 1 is 1.12 bits per heavy atom. The second-order valence-corrected chi connectivity index (χ2v) is 7.12. The number of rotatable bonds is 6. The van der Waals surface area contributed by atoms with Gasteiger partial charge < -0.3 is 5.32 Å². The first-order chi connectivity index (χ1) is 7.75. The summed E-state index contributed by atoms with van der Waals surface area (Å²) in [4.78, 5) is 0.